The van der Waals surface area contributed by atoms with Gasteiger partial charge in [0.2, 0.25) is 33.7 Å². The van der Waals surface area contributed by atoms with E-state index in [1.807, 2.05) is 13.8 Å². The Morgan fingerprint density at radius 1 is 1.02 bits per heavy atom. The van der Waals surface area contributed by atoms with Gasteiger partial charge in [-0.05, 0) is 75.6 Å². The van der Waals surface area contributed by atoms with Crippen molar-refractivity contribution in [2.75, 3.05) is 20.3 Å². The summed E-state index contributed by atoms with van der Waals surface area (Å²) in [6.07, 6.45) is -2.85. The van der Waals surface area contributed by atoms with Crippen LogP contribution in [0.4, 0.5) is 13.2 Å². The Kier molecular flexibility index (Phi) is 17.2. The number of hydrogen-bond donors (Lipinski definition) is 4. The largest absolute Gasteiger partial charge is 0.573 e. The van der Waals surface area contributed by atoms with Crippen molar-refractivity contribution in [1.29, 1.82) is 0 Å². The molecule has 1 saturated heterocycles. The minimum Gasteiger partial charge on any atom is -0.467 e. The van der Waals surface area contributed by atoms with Gasteiger partial charge in [0.25, 0.3) is 0 Å². The van der Waals surface area contributed by atoms with Crippen LogP contribution in [0.1, 0.15) is 65.7 Å². The fourth-order valence-electron chi connectivity index (χ4n) is 5.37. The minimum atomic E-state index is -5.03. The molecule has 0 aliphatic carbocycles. The summed E-state index contributed by atoms with van der Waals surface area (Å²) in [5.74, 6) is -5.34. The molecular formula is C33H46F3N5O11S. The molecule has 0 spiro atoms. The molecule has 1 fully saturated rings. The number of ether oxygens (including phenoxy) is 3. The first-order chi connectivity index (χ1) is 24.8. The van der Waals surface area contributed by atoms with Gasteiger partial charge in [0.15, 0.2) is 0 Å². The van der Waals surface area contributed by atoms with Gasteiger partial charge in [0, 0.05) is 19.0 Å². The number of primary amides is 1. The van der Waals surface area contributed by atoms with Crippen molar-refractivity contribution in [3.8, 4) is 5.75 Å². The third-order valence-corrected chi connectivity index (χ3v) is 9.27. The number of rotatable bonds is 20. The predicted octanol–water partition coefficient (Wildman–Crippen LogP) is 1.58. The fraction of sp³-hybridized carbons (Fsp3) is 0.576. The summed E-state index contributed by atoms with van der Waals surface area (Å²) in [6, 6.07) is -1.98. The Morgan fingerprint density at radius 3 is 2.25 bits per heavy atom. The zero-order chi connectivity index (χ0) is 39.9. The standard InChI is InChI=1S/C33H46F3N5O11S/c1-5-51-28(43)11-7-6-9-23(40-53(48,49)22-14-12-21(13-15-22)52-33(34,35)36)29(44)38-24(16-17-27(37)42)31(46)41-18-8-10-26(41)30(45)39-25(19-20(2)3)32(47)50-4/h7,11-15,20,23-26,40H,5-6,8-10,16-19H2,1-4H3,(H2,37,42)(H,38,44)(H,39,45)/t23-,24-,25-,26-/m0/s1. The number of sulfonamides is 1. The highest BCUT2D eigenvalue weighted by Gasteiger charge is 2.40. The highest BCUT2D eigenvalue weighted by atomic mass is 32.2. The molecule has 1 aromatic rings. The molecule has 1 aliphatic heterocycles. The summed E-state index contributed by atoms with van der Waals surface area (Å²) in [6.45, 7) is 5.43. The molecule has 1 aliphatic rings. The van der Waals surface area contributed by atoms with Crippen LogP contribution in [0.2, 0.25) is 0 Å². The average Bonchev–Trinajstić information content (AvgIpc) is 3.56. The van der Waals surface area contributed by atoms with Crippen molar-refractivity contribution < 1.29 is 64.6 Å². The van der Waals surface area contributed by atoms with E-state index in [9.17, 15) is 50.4 Å². The van der Waals surface area contributed by atoms with Crippen LogP contribution < -0.4 is 25.8 Å². The smallest absolute Gasteiger partial charge is 0.467 e. The van der Waals surface area contributed by atoms with Gasteiger partial charge in [0.05, 0.1) is 18.6 Å². The van der Waals surface area contributed by atoms with Gasteiger partial charge < -0.3 is 35.5 Å². The van der Waals surface area contributed by atoms with E-state index in [1.54, 1.807) is 6.92 Å². The number of nitrogens with zero attached hydrogens (tertiary/aromatic N) is 1. The molecule has 0 bridgehead atoms. The van der Waals surface area contributed by atoms with Crippen LogP contribution in [0.15, 0.2) is 41.3 Å². The zero-order valence-electron chi connectivity index (χ0n) is 29.8. The number of nitrogens with one attached hydrogen (secondary N) is 3. The van der Waals surface area contributed by atoms with Crippen LogP contribution >= 0.6 is 0 Å². The summed E-state index contributed by atoms with van der Waals surface area (Å²) in [7, 11) is -3.42. The average molecular weight is 778 g/mol. The Labute approximate surface area is 305 Å². The molecule has 1 heterocycles. The fourth-order valence-corrected chi connectivity index (χ4v) is 6.60. The lowest BCUT2D eigenvalue weighted by atomic mass is 10.0. The minimum absolute atomic E-state index is 0.00268. The monoisotopic (exact) mass is 777 g/mol. The predicted molar refractivity (Wildman–Crippen MR) is 181 cm³/mol. The first-order valence-corrected chi connectivity index (χ1v) is 18.2. The number of nitrogens with two attached hydrogens (primary N) is 1. The van der Waals surface area contributed by atoms with Crippen molar-refractivity contribution in [1.82, 2.24) is 20.3 Å². The number of halogens is 3. The molecule has 296 valence electrons. The highest BCUT2D eigenvalue weighted by Crippen LogP contribution is 2.25. The summed E-state index contributed by atoms with van der Waals surface area (Å²) < 4.78 is 80.0. The van der Waals surface area contributed by atoms with Crippen LogP contribution in [0.3, 0.4) is 0 Å². The Balaban J connectivity index is 2.37. The molecule has 20 heteroatoms. The Hall–Kier alpha value is -4.72. The van der Waals surface area contributed by atoms with E-state index in [0.29, 0.717) is 6.42 Å². The second kappa shape index (κ2) is 20.5. The lowest BCUT2D eigenvalue weighted by Gasteiger charge is -2.30. The third kappa shape index (κ3) is 15.0. The Morgan fingerprint density at radius 2 is 1.68 bits per heavy atom. The van der Waals surface area contributed by atoms with Gasteiger partial charge in [-0.2, -0.15) is 4.72 Å². The quantitative estimate of drug-likeness (QED) is 0.110. The normalized spacial score (nSPS) is 16.5. The summed E-state index contributed by atoms with van der Waals surface area (Å²) in [5.41, 5.74) is 5.32. The van der Waals surface area contributed by atoms with Crippen LogP contribution in [-0.4, -0.2) is 99.7 Å². The van der Waals surface area contributed by atoms with E-state index in [-0.39, 0.29) is 57.6 Å². The molecule has 0 saturated carbocycles. The van der Waals surface area contributed by atoms with Gasteiger partial charge in [-0.3, -0.25) is 19.2 Å². The third-order valence-electron chi connectivity index (χ3n) is 7.79. The molecule has 0 aromatic heterocycles. The summed E-state index contributed by atoms with van der Waals surface area (Å²) >= 11 is 0. The second-order valence-electron chi connectivity index (χ2n) is 12.4. The molecule has 4 amide bonds. The first-order valence-electron chi connectivity index (χ1n) is 16.8. The van der Waals surface area contributed by atoms with Crippen molar-refractivity contribution in [2.24, 2.45) is 11.7 Å². The van der Waals surface area contributed by atoms with Gasteiger partial charge in [-0.15, -0.1) is 13.2 Å². The lowest BCUT2D eigenvalue weighted by Crippen LogP contribution is -2.57. The van der Waals surface area contributed by atoms with Gasteiger partial charge in [-0.25, -0.2) is 18.0 Å². The van der Waals surface area contributed by atoms with Crippen LogP contribution in [0, 0.1) is 5.92 Å². The van der Waals surface area contributed by atoms with Crippen molar-refractivity contribution >= 4 is 45.6 Å². The van der Waals surface area contributed by atoms with E-state index in [1.165, 1.54) is 18.1 Å². The maximum absolute atomic E-state index is 13.9. The number of alkyl halides is 3. The van der Waals surface area contributed by atoms with E-state index in [2.05, 4.69) is 20.1 Å². The number of esters is 2. The van der Waals surface area contributed by atoms with Crippen molar-refractivity contribution in [3.05, 3.63) is 36.4 Å². The highest BCUT2D eigenvalue weighted by molar-refractivity contribution is 7.89. The molecule has 4 atom stereocenters. The number of carbonyl (C=O) groups excluding carboxylic acids is 6. The maximum atomic E-state index is 13.9. The van der Waals surface area contributed by atoms with Crippen molar-refractivity contribution in [3.63, 3.8) is 0 Å². The number of carbonyl (C=O) groups is 6. The molecule has 0 unspecified atom stereocenters. The maximum Gasteiger partial charge on any atom is 0.573 e. The number of methoxy groups -OCH3 is 1. The zero-order valence-corrected chi connectivity index (χ0v) is 30.6. The van der Waals surface area contributed by atoms with E-state index in [4.69, 9.17) is 15.2 Å². The van der Waals surface area contributed by atoms with Crippen LogP contribution in [-0.2, 0) is 48.3 Å². The number of likely N-dealkylation sites (tertiary alicyclic amines) is 1. The Bertz CT molecular complexity index is 1590. The van der Waals surface area contributed by atoms with E-state index >= 15 is 0 Å². The van der Waals surface area contributed by atoms with Crippen molar-refractivity contribution in [2.45, 2.75) is 101 Å². The lowest BCUT2D eigenvalue weighted by molar-refractivity contribution is -0.274. The number of benzene rings is 1. The molecule has 0 radical (unpaired) electrons. The van der Waals surface area contributed by atoms with Crippen LogP contribution in [0.25, 0.3) is 0 Å². The number of allylic oxidation sites excluding steroid dienone is 1. The second-order valence-corrected chi connectivity index (χ2v) is 14.1. The van der Waals surface area contributed by atoms with Gasteiger partial charge in [0.1, 0.15) is 29.9 Å². The van der Waals surface area contributed by atoms with Crippen LogP contribution in [0.5, 0.6) is 5.75 Å². The molecular weight excluding hydrogens is 731 g/mol. The number of amides is 4. The van der Waals surface area contributed by atoms with E-state index in [0.717, 1.165) is 30.3 Å². The molecule has 5 N–H and O–H groups in total. The summed E-state index contributed by atoms with van der Waals surface area (Å²) in [5, 5.41) is 5.08. The molecule has 1 aromatic carbocycles. The summed E-state index contributed by atoms with van der Waals surface area (Å²) in [4.78, 5) is 77.5. The topological polar surface area (TPSA) is 230 Å². The molecule has 53 heavy (non-hydrogen) atoms. The van der Waals surface area contributed by atoms with E-state index < -0.39 is 86.8 Å². The number of hydrogen-bond acceptors (Lipinski definition) is 11. The molecule has 16 nitrogen and oxygen atoms in total. The first kappa shape index (κ1) is 44.4. The SMILES string of the molecule is CCOC(=O)C=CCC[C@H](NS(=O)(=O)c1ccc(OC(F)(F)F)cc1)C(=O)N[C@@H](CCC(N)=O)C(=O)N1CCC[C@H]1C(=O)N[C@@H](CC(C)C)C(=O)OC. The van der Waals surface area contributed by atoms with Gasteiger partial charge in [-0.1, -0.05) is 19.9 Å². The van der Waals surface area contributed by atoms with Gasteiger partial charge >= 0.3 is 18.3 Å². The molecule has 2 rings (SSSR count).